The summed E-state index contributed by atoms with van der Waals surface area (Å²) < 4.78 is 17.8. The highest BCUT2D eigenvalue weighted by atomic mass is 16.6. The largest absolute Gasteiger partial charge is 0.463 e. The molecule has 1 spiro atoms. The molecule has 0 radical (unpaired) electrons. The second-order valence-electron chi connectivity index (χ2n) is 12.2. The highest BCUT2D eigenvalue weighted by Crippen LogP contribution is 2.76. The number of ether oxygens (including phenoxy) is 3. The van der Waals surface area contributed by atoms with Crippen LogP contribution in [-0.4, -0.2) is 46.9 Å². The molecule has 2 bridgehead atoms. The lowest BCUT2D eigenvalue weighted by atomic mass is 9.38. The molecule has 0 aliphatic heterocycles. The molecule has 4 fully saturated rings. The third-order valence-corrected chi connectivity index (χ3v) is 10.0. The third-order valence-electron chi connectivity index (χ3n) is 10.0. The molecule has 1 N–H and O–H groups in total. The first-order valence-corrected chi connectivity index (χ1v) is 12.4. The van der Waals surface area contributed by atoms with E-state index in [-0.39, 0.29) is 47.6 Å². The third kappa shape index (κ3) is 3.43. The van der Waals surface area contributed by atoms with Crippen molar-refractivity contribution in [3.05, 3.63) is 0 Å². The van der Waals surface area contributed by atoms with Crippen molar-refractivity contribution in [1.29, 1.82) is 0 Å². The van der Waals surface area contributed by atoms with E-state index < -0.39 is 28.7 Å². The SMILES string of the molecule is CC(=O)OC[C@@]1(O)C[C@]23C[C@H]1CC[C@@]2(OC(C)=O)[C@]1(C)CCCC(C)(C)[C@H]1C[C@@H]3OC(C)=O. The van der Waals surface area contributed by atoms with Crippen molar-refractivity contribution >= 4 is 17.9 Å². The molecule has 0 unspecified atom stereocenters. The fourth-order valence-electron chi connectivity index (χ4n) is 8.95. The minimum absolute atomic E-state index is 0.00363. The molecule has 4 rings (SSSR count). The van der Waals surface area contributed by atoms with Gasteiger partial charge in [-0.1, -0.05) is 27.2 Å². The highest BCUT2D eigenvalue weighted by molar-refractivity contribution is 5.68. The van der Waals surface area contributed by atoms with Crippen molar-refractivity contribution in [2.75, 3.05) is 6.61 Å². The summed E-state index contributed by atoms with van der Waals surface area (Å²) in [6, 6.07) is 0. The van der Waals surface area contributed by atoms with Gasteiger partial charge in [0.05, 0.1) is 5.41 Å². The number of carbonyl (C=O) groups excluding carboxylic acids is 3. The summed E-state index contributed by atoms with van der Waals surface area (Å²) >= 11 is 0. The summed E-state index contributed by atoms with van der Waals surface area (Å²) in [7, 11) is 0. The monoisotopic (exact) mass is 464 g/mol. The molecule has 33 heavy (non-hydrogen) atoms. The average molecular weight is 465 g/mol. The Morgan fingerprint density at radius 2 is 1.67 bits per heavy atom. The van der Waals surface area contributed by atoms with Crippen molar-refractivity contribution in [2.24, 2.45) is 28.1 Å². The van der Waals surface area contributed by atoms with Crippen LogP contribution in [0.1, 0.15) is 92.9 Å². The average Bonchev–Trinajstić information content (AvgIpc) is 2.92. The summed E-state index contributed by atoms with van der Waals surface area (Å²) in [5.74, 6) is -1.05. The smallest absolute Gasteiger partial charge is 0.303 e. The number of fused-ring (bicyclic) bond motifs is 3. The number of hydrogen-bond donors (Lipinski definition) is 1. The van der Waals surface area contributed by atoms with Crippen LogP contribution < -0.4 is 0 Å². The molecule has 0 aromatic rings. The maximum Gasteiger partial charge on any atom is 0.303 e. The first kappa shape index (κ1) is 24.5. The zero-order chi connectivity index (χ0) is 24.4. The lowest BCUT2D eigenvalue weighted by molar-refractivity contribution is -0.301. The number of carbonyl (C=O) groups is 3. The zero-order valence-electron chi connectivity index (χ0n) is 21.0. The standard InChI is InChI=1S/C26H40O7/c1-16(27)31-15-25(30)14-24-13-19(25)8-11-26(24,33-18(3)29)23(6)10-7-9-22(4,5)20(23)12-21(24)32-17(2)28/h19-21,30H,7-15H2,1-6H3/t19-,20-,21+,23-,24+,25+,26-/m1/s1. The Labute approximate surface area is 196 Å². The maximum absolute atomic E-state index is 12.7. The summed E-state index contributed by atoms with van der Waals surface area (Å²) in [4.78, 5) is 36.5. The summed E-state index contributed by atoms with van der Waals surface area (Å²) in [6.45, 7) is 10.9. The van der Waals surface area contributed by atoms with Gasteiger partial charge in [0.15, 0.2) is 0 Å². The number of hydrogen-bond acceptors (Lipinski definition) is 7. The molecule has 4 saturated carbocycles. The van der Waals surface area contributed by atoms with E-state index in [1.807, 2.05) is 0 Å². The van der Waals surface area contributed by atoms with Crippen LogP contribution in [0.15, 0.2) is 0 Å². The van der Waals surface area contributed by atoms with E-state index in [4.69, 9.17) is 14.2 Å². The Morgan fingerprint density at radius 1 is 0.970 bits per heavy atom. The predicted molar refractivity (Wildman–Crippen MR) is 120 cm³/mol. The van der Waals surface area contributed by atoms with Crippen LogP contribution in [0.5, 0.6) is 0 Å². The van der Waals surface area contributed by atoms with Gasteiger partial charge in [0.25, 0.3) is 0 Å². The van der Waals surface area contributed by atoms with E-state index in [2.05, 4.69) is 20.8 Å². The number of rotatable bonds is 4. The molecular formula is C26H40O7. The molecule has 4 aliphatic carbocycles. The van der Waals surface area contributed by atoms with E-state index in [0.29, 0.717) is 25.7 Å². The molecule has 0 saturated heterocycles. The second kappa shape index (κ2) is 7.69. The highest BCUT2D eigenvalue weighted by Gasteiger charge is 2.79. The van der Waals surface area contributed by atoms with Gasteiger partial charge in [-0.3, -0.25) is 14.4 Å². The molecule has 7 nitrogen and oxygen atoms in total. The van der Waals surface area contributed by atoms with Crippen LogP contribution in [0.4, 0.5) is 0 Å². The first-order chi connectivity index (χ1) is 15.2. The van der Waals surface area contributed by atoms with Gasteiger partial charge in [0, 0.05) is 26.2 Å². The predicted octanol–water partition coefficient (Wildman–Crippen LogP) is 3.94. The zero-order valence-corrected chi connectivity index (χ0v) is 21.0. The molecule has 0 aromatic heterocycles. The van der Waals surface area contributed by atoms with Crippen LogP contribution in [0.25, 0.3) is 0 Å². The van der Waals surface area contributed by atoms with Crippen LogP contribution in [-0.2, 0) is 28.6 Å². The van der Waals surface area contributed by atoms with E-state index in [9.17, 15) is 19.5 Å². The lowest BCUT2D eigenvalue weighted by Crippen LogP contribution is -2.73. The Balaban J connectivity index is 1.89. The van der Waals surface area contributed by atoms with Crippen molar-refractivity contribution in [3.8, 4) is 0 Å². The van der Waals surface area contributed by atoms with Crippen molar-refractivity contribution < 1.29 is 33.7 Å². The van der Waals surface area contributed by atoms with Gasteiger partial charge in [-0.05, 0) is 62.2 Å². The van der Waals surface area contributed by atoms with Crippen LogP contribution in [0.3, 0.4) is 0 Å². The molecule has 4 aliphatic rings. The second-order valence-corrected chi connectivity index (χ2v) is 12.2. The quantitative estimate of drug-likeness (QED) is 0.497. The maximum atomic E-state index is 12.7. The van der Waals surface area contributed by atoms with E-state index in [0.717, 1.165) is 19.3 Å². The fraction of sp³-hybridized carbons (Fsp3) is 0.885. The lowest BCUT2D eigenvalue weighted by Gasteiger charge is -2.70. The molecule has 0 amide bonds. The van der Waals surface area contributed by atoms with Crippen molar-refractivity contribution in [3.63, 3.8) is 0 Å². The van der Waals surface area contributed by atoms with Gasteiger partial charge in [-0.15, -0.1) is 0 Å². The molecular weight excluding hydrogens is 424 g/mol. The van der Waals surface area contributed by atoms with Gasteiger partial charge < -0.3 is 19.3 Å². The number of aliphatic hydroxyl groups is 1. The molecule has 186 valence electrons. The number of esters is 3. The summed E-state index contributed by atoms with van der Waals surface area (Å²) in [6.07, 6.45) is 5.39. The minimum atomic E-state index is -1.24. The Morgan fingerprint density at radius 3 is 2.27 bits per heavy atom. The van der Waals surface area contributed by atoms with Gasteiger partial charge in [0.2, 0.25) is 0 Å². The van der Waals surface area contributed by atoms with E-state index >= 15 is 0 Å². The Kier molecular flexibility index (Phi) is 5.71. The van der Waals surface area contributed by atoms with E-state index in [1.165, 1.54) is 20.8 Å². The van der Waals surface area contributed by atoms with Crippen LogP contribution in [0, 0.1) is 28.1 Å². The van der Waals surface area contributed by atoms with Gasteiger partial charge in [0.1, 0.15) is 23.9 Å². The van der Waals surface area contributed by atoms with Crippen molar-refractivity contribution in [1.82, 2.24) is 0 Å². The van der Waals surface area contributed by atoms with Gasteiger partial charge >= 0.3 is 17.9 Å². The Hall–Kier alpha value is -1.63. The van der Waals surface area contributed by atoms with Gasteiger partial charge in [-0.2, -0.15) is 0 Å². The topological polar surface area (TPSA) is 99.1 Å². The Bertz CT molecular complexity index is 852. The minimum Gasteiger partial charge on any atom is -0.463 e. The van der Waals surface area contributed by atoms with E-state index in [1.54, 1.807) is 0 Å². The molecule has 0 aromatic carbocycles. The normalized spacial score (nSPS) is 45.4. The molecule has 0 heterocycles. The van der Waals surface area contributed by atoms with Crippen molar-refractivity contribution in [2.45, 2.75) is 110 Å². The molecule has 7 atom stereocenters. The summed E-state index contributed by atoms with van der Waals surface area (Å²) in [5, 5.41) is 11.8. The van der Waals surface area contributed by atoms with Crippen LogP contribution >= 0.6 is 0 Å². The molecule has 7 heteroatoms. The first-order valence-electron chi connectivity index (χ1n) is 12.4. The fourth-order valence-corrected chi connectivity index (χ4v) is 8.95. The van der Waals surface area contributed by atoms with Gasteiger partial charge in [-0.25, -0.2) is 0 Å². The summed E-state index contributed by atoms with van der Waals surface area (Å²) in [5.41, 5.74) is -3.12. The van der Waals surface area contributed by atoms with Crippen LogP contribution in [0.2, 0.25) is 0 Å².